The van der Waals surface area contributed by atoms with Crippen molar-refractivity contribution in [2.75, 3.05) is 6.26 Å². The summed E-state index contributed by atoms with van der Waals surface area (Å²) in [6.07, 6.45) is 2.32. The van der Waals surface area contributed by atoms with E-state index in [2.05, 4.69) is 0 Å². The average Bonchev–Trinajstić information content (AvgIpc) is 1.62. The van der Waals surface area contributed by atoms with Crippen LogP contribution in [0.1, 0.15) is 20.3 Å². The van der Waals surface area contributed by atoms with Crippen LogP contribution in [-0.2, 0) is 9.73 Å². The molecule has 0 amide bonds. The van der Waals surface area contributed by atoms with E-state index in [9.17, 15) is 4.21 Å². The van der Waals surface area contributed by atoms with Gasteiger partial charge in [-0.3, -0.25) is 4.78 Å². The molecule has 0 spiro atoms. The molecule has 0 heterocycles. The van der Waals surface area contributed by atoms with E-state index in [-0.39, 0.29) is 5.25 Å². The predicted octanol–water partition coefficient (Wildman–Crippen LogP) is 1.46. The van der Waals surface area contributed by atoms with Crippen molar-refractivity contribution in [1.29, 1.82) is 4.78 Å². The van der Waals surface area contributed by atoms with E-state index < -0.39 is 9.73 Å². The van der Waals surface area contributed by atoms with Gasteiger partial charge in [0.05, 0.1) is 0 Å². The van der Waals surface area contributed by atoms with Crippen molar-refractivity contribution in [3.8, 4) is 0 Å². The molecule has 0 aliphatic heterocycles. The van der Waals surface area contributed by atoms with E-state index in [1.54, 1.807) is 0 Å². The molecule has 8 heavy (non-hydrogen) atoms. The van der Waals surface area contributed by atoms with E-state index in [0.717, 1.165) is 6.42 Å². The first-order chi connectivity index (χ1) is 3.48. The molecule has 0 aromatic carbocycles. The van der Waals surface area contributed by atoms with Gasteiger partial charge in [0.1, 0.15) is 0 Å². The van der Waals surface area contributed by atoms with Gasteiger partial charge in [-0.25, -0.2) is 4.21 Å². The fourth-order valence-corrected chi connectivity index (χ4v) is 0.954. The molecule has 0 unspecified atom stereocenters. The standard InChI is InChI=1S/C5H13NOS/c1-4-5(2)8(3,6)7/h5-6H,4H2,1-3H3/t5-,8+/m0/s1. The van der Waals surface area contributed by atoms with Gasteiger partial charge in [0.25, 0.3) is 0 Å². The van der Waals surface area contributed by atoms with Gasteiger partial charge < -0.3 is 0 Å². The lowest BCUT2D eigenvalue weighted by molar-refractivity contribution is 0.665. The minimum absolute atomic E-state index is 0.0440. The first-order valence-corrected chi connectivity index (χ1v) is 4.74. The zero-order valence-corrected chi connectivity index (χ0v) is 6.42. The van der Waals surface area contributed by atoms with Crippen LogP contribution in [0.5, 0.6) is 0 Å². The third kappa shape index (κ3) is 2.31. The molecule has 0 fully saturated rings. The van der Waals surface area contributed by atoms with Crippen LogP contribution in [0.3, 0.4) is 0 Å². The molecule has 0 bridgehead atoms. The Morgan fingerprint density at radius 3 is 2.12 bits per heavy atom. The fourth-order valence-electron chi connectivity index (χ4n) is 0.318. The zero-order chi connectivity index (χ0) is 6.78. The minimum atomic E-state index is -2.25. The second kappa shape index (κ2) is 2.49. The Hall–Kier alpha value is -0.0500. The number of nitrogens with one attached hydrogen (secondary N) is 1. The van der Waals surface area contributed by atoms with Crippen LogP contribution in [0.2, 0.25) is 0 Å². The molecule has 0 aliphatic carbocycles. The molecule has 0 aromatic heterocycles. The maximum absolute atomic E-state index is 10.8. The third-order valence-electron chi connectivity index (χ3n) is 1.34. The first-order valence-electron chi connectivity index (χ1n) is 2.71. The minimum Gasteiger partial charge on any atom is -0.253 e. The second-order valence-corrected chi connectivity index (χ2v) is 4.74. The Balaban J connectivity index is 4.04. The Morgan fingerprint density at radius 2 is 2.12 bits per heavy atom. The van der Waals surface area contributed by atoms with Crippen molar-refractivity contribution in [3.05, 3.63) is 0 Å². The molecule has 2 nitrogen and oxygen atoms in total. The third-order valence-corrected chi connectivity index (χ3v) is 3.21. The molecule has 0 aromatic rings. The smallest absolute Gasteiger partial charge is 0.0438 e. The van der Waals surface area contributed by atoms with Gasteiger partial charge in [-0.2, -0.15) is 0 Å². The van der Waals surface area contributed by atoms with E-state index in [0.29, 0.717) is 0 Å². The Labute approximate surface area is 51.3 Å². The monoisotopic (exact) mass is 135 g/mol. The van der Waals surface area contributed by atoms with E-state index in [4.69, 9.17) is 4.78 Å². The summed E-state index contributed by atoms with van der Waals surface area (Å²) < 4.78 is 17.9. The predicted molar refractivity (Wildman–Crippen MR) is 36.5 cm³/mol. The Bertz CT molecular complexity index is 148. The van der Waals surface area contributed by atoms with Crippen molar-refractivity contribution in [2.24, 2.45) is 0 Å². The van der Waals surface area contributed by atoms with Crippen LogP contribution in [0.25, 0.3) is 0 Å². The summed E-state index contributed by atoms with van der Waals surface area (Å²) >= 11 is 0. The van der Waals surface area contributed by atoms with Crippen LogP contribution in [0, 0.1) is 4.78 Å². The Kier molecular flexibility index (Phi) is 2.47. The summed E-state index contributed by atoms with van der Waals surface area (Å²) in [7, 11) is -2.25. The zero-order valence-electron chi connectivity index (χ0n) is 5.60. The van der Waals surface area contributed by atoms with Crippen LogP contribution in [0.4, 0.5) is 0 Å². The van der Waals surface area contributed by atoms with Crippen molar-refractivity contribution in [2.45, 2.75) is 25.5 Å². The Morgan fingerprint density at radius 1 is 1.75 bits per heavy atom. The molecule has 0 saturated heterocycles. The molecule has 0 aliphatic rings. The summed E-state index contributed by atoms with van der Waals surface area (Å²) in [5, 5.41) is 0.0440. The quantitative estimate of drug-likeness (QED) is 0.612. The van der Waals surface area contributed by atoms with E-state index in [1.807, 2.05) is 13.8 Å². The molecule has 2 atom stereocenters. The molecule has 0 saturated carbocycles. The first kappa shape index (κ1) is 7.95. The lowest BCUT2D eigenvalue weighted by atomic mass is 10.4. The van der Waals surface area contributed by atoms with Crippen LogP contribution < -0.4 is 0 Å². The SMILES string of the molecule is CC[C@H](C)[S@](C)(=N)=O. The van der Waals surface area contributed by atoms with Crippen LogP contribution in [-0.4, -0.2) is 15.7 Å². The molecule has 1 N–H and O–H groups in total. The second-order valence-electron chi connectivity index (χ2n) is 2.12. The molecular weight excluding hydrogens is 122 g/mol. The van der Waals surface area contributed by atoms with Crippen molar-refractivity contribution < 1.29 is 4.21 Å². The lowest BCUT2D eigenvalue weighted by Gasteiger charge is -2.06. The molecule has 50 valence electrons. The van der Waals surface area contributed by atoms with Crippen LogP contribution in [0.15, 0.2) is 0 Å². The molecule has 0 rings (SSSR count). The van der Waals surface area contributed by atoms with Crippen molar-refractivity contribution in [3.63, 3.8) is 0 Å². The van der Waals surface area contributed by atoms with Crippen molar-refractivity contribution in [1.82, 2.24) is 0 Å². The number of hydrogen-bond acceptors (Lipinski definition) is 2. The van der Waals surface area contributed by atoms with Crippen molar-refractivity contribution >= 4 is 9.73 Å². The summed E-state index contributed by atoms with van der Waals surface area (Å²) in [6.45, 7) is 3.79. The lowest BCUT2D eigenvalue weighted by Crippen LogP contribution is -2.12. The summed E-state index contributed by atoms with van der Waals surface area (Å²) in [4.78, 5) is 0. The topological polar surface area (TPSA) is 40.9 Å². The maximum Gasteiger partial charge on any atom is 0.0438 e. The van der Waals surface area contributed by atoms with Gasteiger partial charge >= 0.3 is 0 Å². The maximum atomic E-state index is 10.8. The number of hydrogen-bond donors (Lipinski definition) is 1. The summed E-state index contributed by atoms with van der Waals surface area (Å²) in [5.41, 5.74) is 0. The summed E-state index contributed by atoms with van der Waals surface area (Å²) in [6, 6.07) is 0. The molecule has 3 heteroatoms. The highest BCUT2D eigenvalue weighted by Crippen LogP contribution is 2.01. The highest BCUT2D eigenvalue weighted by atomic mass is 32.2. The van der Waals surface area contributed by atoms with Gasteiger partial charge in [0.15, 0.2) is 0 Å². The van der Waals surface area contributed by atoms with Crippen LogP contribution >= 0.6 is 0 Å². The van der Waals surface area contributed by atoms with E-state index >= 15 is 0 Å². The fraction of sp³-hybridized carbons (Fsp3) is 1.00. The van der Waals surface area contributed by atoms with Gasteiger partial charge in [-0.15, -0.1) is 0 Å². The van der Waals surface area contributed by atoms with E-state index in [1.165, 1.54) is 6.26 Å². The highest BCUT2D eigenvalue weighted by molar-refractivity contribution is 7.92. The van der Waals surface area contributed by atoms with Gasteiger partial charge in [-0.05, 0) is 13.3 Å². The highest BCUT2D eigenvalue weighted by Gasteiger charge is 2.06. The molecular formula is C5H13NOS. The van der Waals surface area contributed by atoms with Gasteiger partial charge in [0.2, 0.25) is 0 Å². The average molecular weight is 135 g/mol. The largest absolute Gasteiger partial charge is 0.253 e. The summed E-state index contributed by atoms with van der Waals surface area (Å²) in [5.74, 6) is 0. The number of rotatable bonds is 2. The normalized spacial score (nSPS) is 21.9. The van der Waals surface area contributed by atoms with Gasteiger partial charge in [0, 0.05) is 21.2 Å². The molecule has 0 radical (unpaired) electrons. The van der Waals surface area contributed by atoms with Gasteiger partial charge in [-0.1, -0.05) is 6.92 Å².